The minimum absolute atomic E-state index is 0.0630. The van der Waals surface area contributed by atoms with Gasteiger partial charge in [-0.2, -0.15) is 5.26 Å². The SMILES string of the molecule is N#Cc1ccc(C(=O)Nc2ccc(CN(Cc3cccc(CN)c3)C(=O)c3ccccc3)cc2)cc1. The van der Waals surface area contributed by atoms with Gasteiger partial charge in [0, 0.05) is 36.4 Å². The molecule has 0 spiro atoms. The molecule has 6 nitrogen and oxygen atoms in total. The van der Waals surface area contributed by atoms with Crippen molar-refractivity contribution in [2.75, 3.05) is 5.32 Å². The van der Waals surface area contributed by atoms with E-state index in [1.165, 1.54) is 0 Å². The molecule has 0 saturated heterocycles. The Hall–Kier alpha value is -4.73. The van der Waals surface area contributed by atoms with E-state index >= 15 is 0 Å². The van der Waals surface area contributed by atoms with Gasteiger partial charge in [-0.15, -0.1) is 0 Å². The normalized spacial score (nSPS) is 10.3. The Morgan fingerprint density at radius 2 is 1.42 bits per heavy atom. The molecule has 2 amide bonds. The van der Waals surface area contributed by atoms with E-state index in [0.717, 1.165) is 16.7 Å². The summed E-state index contributed by atoms with van der Waals surface area (Å²) in [5, 5.41) is 11.8. The van der Waals surface area contributed by atoms with E-state index in [9.17, 15) is 9.59 Å². The lowest BCUT2D eigenvalue weighted by Crippen LogP contribution is -2.30. The smallest absolute Gasteiger partial charge is 0.255 e. The van der Waals surface area contributed by atoms with Gasteiger partial charge in [0.15, 0.2) is 0 Å². The molecule has 0 aliphatic heterocycles. The summed E-state index contributed by atoms with van der Waals surface area (Å²) in [5.74, 6) is -0.320. The molecular formula is C30H26N4O2. The van der Waals surface area contributed by atoms with E-state index in [0.29, 0.717) is 42.0 Å². The van der Waals surface area contributed by atoms with Crippen LogP contribution in [-0.2, 0) is 19.6 Å². The number of nitrogens with zero attached hydrogens (tertiary/aromatic N) is 2. The molecule has 6 heteroatoms. The average Bonchev–Trinajstić information content (AvgIpc) is 2.94. The third-order valence-corrected chi connectivity index (χ3v) is 5.77. The molecule has 4 aromatic rings. The second-order valence-electron chi connectivity index (χ2n) is 8.39. The molecule has 0 heterocycles. The molecule has 0 aromatic heterocycles. The highest BCUT2D eigenvalue weighted by molar-refractivity contribution is 6.04. The highest BCUT2D eigenvalue weighted by Crippen LogP contribution is 2.18. The van der Waals surface area contributed by atoms with Gasteiger partial charge in [0.25, 0.3) is 11.8 Å². The number of hydrogen-bond acceptors (Lipinski definition) is 4. The lowest BCUT2D eigenvalue weighted by molar-refractivity contribution is 0.0730. The van der Waals surface area contributed by atoms with Crippen LogP contribution in [0.1, 0.15) is 43.0 Å². The van der Waals surface area contributed by atoms with E-state index in [2.05, 4.69) is 5.32 Å². The van der Waals surface area contributed by atoms with E-state index in [1.807, 2.05) is 84.9 Å². The second-order valence-corrected chi connectivity index (χ2v) is 8.39. The van der Waals surface area contributed by atoms with Crippen LogP contribution in [0.5, 0.6) is 0 Å². The maximum absolute atomic E-state index is 13.3. The third-order valence-electron chi connectivity index (χ3n) is 5.77. The van der Waals surface area contributed by atoms with Crippen molar-refractivity contribution in [1.82, 2.24) is 4.90 Å². The van der Waals surface area contributed by atoms with E-state index in [4.69, 9.17) is 11.0 Å². The molecule has 0 aliphatic rings. The van der Waals surface area contributed by atoms with Crippen LogP contribution < -0.4 is 11.1 Å². The van der Waals surface area contributed by atoms with Gasteiger partial charge >= 0.3 is 0 Å². The lowest BCUT2D eigenvalue weighted by Gasteiger charge is -2.24. The van der Waals surface area contributed by atoms with Gasteiger partial charge in [0.2, 0.25) is 0 Å². The molecule has 0 bridgehead atoms. The van der Waals surface area contributed by atoms with Gasteiger partial charge in [-0.05, 0) is 65.2 Å². The van der Waals surface area contributed by atoms with Gasteiger partial charge in [-0.1, -0.05) is 54.6 Å². The second kappa shape index (κ2) is 11.6. The highest BCUT2D eigenvalue weighted by atomic mass is 16.2. The van der Waals surface area contributed by atoms with Crippen molar-refractivity contribution in [1.29, 1.82) is 5.26 Å². The monoisotopic (exact) mass is 474 g/mol. The first-order valence-electron chi connectivity index (χ1n) is 11.6. The lowest BCUT2D eigenvalue weighted by atomic mass is 10.1. The molecule has 0 saturated carbocycles. The van der Waals surface area contributed by atoms with Crippen molar-refractivity contribution < 1.29 is 9.59 Å². The number of carbonyl (C=O) groups is 2. The van der Waals surface area contributed by atoms with Gasteiger partial charge < -0.3 is 16.0 Å². The molecule has 178 valence electrons. The Balaban J connectivity index is 1.49. The Bertz CT molecular complexity index is 1380. The average molecular weight is 475 g/mol. The molecule has 4 aromatic carbocycles. The summed E-state index contributed by atoms with van der Waals surface area (Å²) in [6.45, 7) is 1.29. The number of nitriles is 1. The summed E-state index contributed by atoms with van der Waals surface area (Å²) in [5.41, 5.74) is 11.0. The molecule has 0 aliphatic carbocycles. The fourth-order valence-corrected chi connectivity index (χ4v) is 3.85. The number of amides is 2. The number of nitrogens with two attached hydrogens (primary N) is 1. The van der Waals surface area contributed by atoms with Crippen molar-refractivity contribution in [3.63, 3.8) is 0 Å². The summed E-state index contributed by atoms with van der Waals surface area (Å²) in [7, 11) is 0. The number of benzene rings is 4. The van der Waals surface area contributed by atoms with E-state index in [-0.39, 0.29) is 11.8 Å². The van der Waals surface area contributed by atoms with E-state index in [1.54, 1.807) is 29.2 Å². The summed E-state index contributed by atoms with van der Waals surface area (Å²) in [4.78, 5) is 27.7. The van der Waals surface area contributed by atoms with Crippen LogP contribution in [0.15, 0.2) is 103 Å². The fraction of sp³-hybridized carbons (Fsp3) is 0.100. The van der Waals surface area contributed by atoms with Gasteiger partial charge in [-0.3, -0.25) is 9.59 Å². The predicted octanol–water partition coefficient (Wildman–Crippen LogP) is 5.11. The molecule has 0 radical (unpaired) electrons. The Labute approximate surface area is 210 Å². The quantitative estimate of drug-likeness (QED) is 0.371. The molecule has 4 rings (SSSR count). The summed E-state index contributed by atoms with van der Waals surface area (Å²) in [6, 6.07) is 33.1. The molecule has 0 atom stereocenters. The van der Waals surface area contributed by atoms with Crippen LogP contribution in [0.4, 0.5) is 5.69 Å². The number of hydrogen-bond donors (Lipinski definition) is 2. The van der Waals surface area contributed by atoms with Crippen molar-refractivity contribution in [3.05, 3.63) is 137 Å². The maximum Gasteiger partial charge on any atom is 0.255 e. The van der Waals surface area contributed by atoms with Gasteiger partial charge in [-0.25, -0.2) is 0 Å². The zero-order valence-electron chi connectivity index (χ0n) is 19.7. The minimum Gasteiger partial charge on any atom is -0.330 e. The Morgan fingerprint density at radius 1 is 0.750 bits per heavy atom. The molecule has 0 unspecified atom stereocenters. The van der Waals surface area contributed by atoms with Crippen LogP contribution in [0.3, 0.4) is 0 Å². The first-order valence-corrected chi connectivity index (χ1v) is 11.6. The number of anilines is 1. The van der Waals surface area contributed by atoms with Crippen LogP contribution in [0.25, 0.3) is 0 Å². The predicted molar refractivity (Wildman–Crippen MR) is 140 cm³/mol. The van der Waals surface area contributed by atoms with Crippen LogP contribution in [0, 0.1) is 11.3 Å². The minimum atomic E-state index is -0.257. The summed E-state index contributed by atoms with van der Waals surface area (Å²) >= 11 is 0. The Morgan fingerprint density at radius 3 is 2.08 bits per heavy atom. The zero-order valence-corrected chi connectivity index (χ0v) is 19.7. The van der Waals surface area contributed by atoms with Crippen molar-refractivity contribution >= 4 is 17.5 Å². The number of rotatable bonds is 8. The topological polar surface area (TPSA) is 99.2 Å². The molecular weight excluding hydrogens is 448 g/mol. The number of nitrogens with one attached hydrogen (secondary N) is 1. The zero-order chi connectivity index (χ0) is 25.3. The summed E-state index contributed by atoms with van der Waals surface area (Å²) in [6.07, 6.45) is 0. The Kier molecular flexibility index (Phi) is 7.87. The van der Waals surface area contributed by atoms with Crippen LogP contribution in [-0.4, -0.2) is 16.7 Å². The third kappa shape index (κ3) is 6.23. The van der Waals surface area contributed by atoms with Gasteiger partial charge in [0.1, 0.15) is 0 Å². The van der Waals surface area contributed by atoms with Crippen LogP contribution in [0.2, 0.25) is 0 Å². The van der Waals surface area contributed by atoms with Crippen LogP contribution >= 0.6 is 0 Å². The van der Waals surface area contributed by atoms with Crippen molar-refractivity contribution in [2.24, 2.45) is 5.73 Å². The molecule has 36 heavy (non-hydrogen) atoms. The van der Waals surface area contributed by atoms with Gasteiger partial charge in [0.05, 0.1) is 11.6 Å². The fourth-order valence-electron chi connectivity index (χ4n) is 3.85. The highest BCUT2D eigenvalue weighted by Gasteiger charge is 2.17. The molecule has 3 N–H and O–H groups in total. The van der Waals surface area contributed by atoms with Crippen molar-refractivity contribution in [2.45, 2.75) is 19.6 Å². The largest absolute Gasteiger partial charge is 0.330 e. The first-order chi connectivity index (χ1) is 17.6. The standard InChI is InChI=1S/C30H26N4O2/c31-18-22-9-13-26(14-10-22)29(35)33-28-15-11-23(12-16-28)20-34(30(36)27-7-2-1-3-8-27)21-25-6-4-5-24(17-25)19-32/h1-17H,19-21,32H2,(H,33,35). The van der Waals surface area contributed by atoms with Crippen molar-refractivity contribution in [3.8, 4) is 6.07 Å². The summed E-state index contributed by atoms with van der Waals surface area (Å²) < 4.78 is 0. The van der Waals surface area contributed by atoms with E-state index < -0.39 is 0 Å². The number of carbonyl (C=O) groups excluding carboxylic acids is 2. The maximum atomic E-state index is 13.3. The molecule has 0 fully saturated rings. The first kappa shape index (κ1) is 24.4.